The van der Waals surface area contributed by atoms with E-state index in [1.807, 2.05) is 19.9 Å². The van der Waals surface area contributed by atoms with Gasteiger partial charge in [-0.2, -0.15) is 0 Å². The Morgan fingerprint density at radius 1 is 1.30 bits per heavy atom. The van der Waals surface area contributed by atoms with Crippen LogP contribution in [0.2, 0.25) is 0 Å². The summed E-state index contributed by atoms with van der Waals surface area (Å²) in [6.07, 6.45) is 1.99. The summed E-state index contributed by atoms with van der Waals surface area (Å²) < 4.78 is 28.8. The van der Waals surface area contributed by atoms with Crippen molar-refractivity contribution >= 4 is 9.84 Å². The molecular weight excluding hydrogens is 274 g/mol. The third kappa shape index (κ3) is 3.52. The van der Waals surface area contributed by atoms with Crippen LogP contribution in [0.3, 0.4) is 0 Å². The predicted octanol–water partition coefficient (Wildman–Crippen LogP) is 2.50. The summed E-state index contributed by atoms with van der Waals surface area (Å²) in [5.41, 5.74) is 3.13. The molecule has 0 radical (unpaired) electrons. The monoisotopic (exact) mass is 297 g/mol. The molecule has 1 aromatic carbocycles. The topological polar surface area (TPSA) is 55.4 Å². The summed E-state index contributed by atoms with van der Waals surface area (Å²) in [5.74, 6) is 0.843. The fraction of sp³-hybridized carbons (Fsp3) is 0.600. The van der Waals surface area contributed by atoms with Crippen LogP contribution in [0.4, 0.5) is 0 Å². The van der Waals surface area contributed by atoms with Crippen molar-refractivity contribution in [2.45, 2.75) is 45.8 Å². The molecule has 20 heavy (non-hydrogen) atoms. The van der Waals surface area contributed by atoms with Gasteiger partial charge < -0.3 is 4.74 Å². The third-order valence-electron chi connectivity index (χ3n) is 3.68. The lowest BCUT2D eigenvalue weighted by molar-refractivity contribution is 0.0669. The number of hydrogen-bond acceptors (Lipinski definition) is 4. The van der Waals surface area contributed by atoms with Crippen molar-refractivity contribution in [3.05, 3.63) is 28.8 Å². The van der Waals surface area contributed by atoms with Gasteiger partial charge in [0.1, 0.15) is 11.4 Å². The third-order valence-corrected chi connectivity index (χ3v) is 4.37. The maximum Gasteiger partial charge on any atom is 0.160 e. The van der Waals surface area contributed by atoms with E-state index in [1.165, 1.54) is 17.4 Å². The molecule has 0 saturated heterocycles. The maximum atomic E-state index is 11.4. The second-order valence-electron chi connectivity index (χ2n) is 6.37. The Morgan fingerprint density at radius 2 is 1.90 bits per heavy atom. The van der Waals surface area contributed by atoms with Gasteiger partial charge in [-0.05, 0) is 44.9 Å². The van der Waals surface area contributed by atoms with E-state index >= 15 is 0 Å². The van der Waals surface area contributed by atoms with E-state index in [0.29, 0.717) is 0 Å². The summed E-state index contributed by atoms with van der Waals surface area (Å²) in [4.78, 5) is 0. The molecule has 112 valence electrons. The van der Waals surface area contributed by atoms with Crippen LogP contribution in [0.25, 0.3) is 0 Å². The molecule has 0 aromatic heterocycles. The van der Waals surface area contributed by atoms with Gasteiger partial charge in [-0.3, -0.25) is 5.32 Å². The highest BCUT2D eigenvalue weighted by Gasteiger charge is 2.34. The van der Waals surface area contributed by atoms with Crippen molar-refractivity contribution in [2.24, 2.45) is 0 Å². The van der Waals surface area contributed by atoms with Crippen LogP contribution in [0.15, 0.2) is 12.1 Å². The highest BCUT2D eigenvalue weighted by Crippen LogP contribution is 2.40. The van der Waals surface area contributed by atoms with Crippen LogP contribution >= 0.6 is 0 Å². The lowest BCUT2D eigenvalue weighted by Gasteiger charge is -2.38. The second kappa shape index (κ2) is 5.04. The van der Waals surface area contributed by atoms with E-state index in [9.17, 15) is 8.42 Å². The molecule has 0 aliphatic carbocycles. The van der Waals surface area contributed by atoms with E-state index in [-0.39, 0.29) is 17.5 Å². The SMILES string of the molecule is Cc1cc2c(cc1C)C(NCS(C)(=O)=O)CC(C)(C)O2. The fourth-order valence-electron chi connectivity index (χ4n) is 2.55. The van der Waals surface area contributed by atoms with E-state index in [2.05, 4.69) is 25.2 Å². The summed E-state index contributed by atoms with van der Waals surface area (Å²) in [7, 11) is -3.03. The Morgan fingerprint density at radius 3 is 2.50 bits per heavy atom. The highest BCUT2D eigenvalue weighted by molar-refractivity contribution is 7.90. The number of sulfone groups is 1. The molecule has 1 N–H and O–H groups in total. The van der Waals surface area contributed by atoms with Crippen molar-refractivity contribution < 1.29 is 13.2 Å². The van der Waals surface area contributed by atoms with E-state index in [4.69, 9.17) is 4.74 Å². The van der Waals surface area contributed by atoms with E-state index < -0.39 is 9.84 Å². The molecule has 0 fully saturated rings. The number of rotatable bonds is 3. The average molecular weight is 297 g/mol. The van der Waals surface area contributed by atoms with Gasteiger partial charge in [-0.25, -0.2) is 8.42 Å². The normalized spacial score (nSPS) is 21.1. The summed E-state index contributed by atoms with van der Waals surface area (Å²) in [6, 6.07) is 4.14. The number of ether oxygens (including phenoxy) is 1. The van der Waals surface area contributed by atoms with Gasteiger partial charge in [0.15, 0.2) is 9.84 Å². The van der Waals surface area contributed by atoms with Crippen molar-refractivity contribution in [1.82, 2.24) is 5.32 Å². The molecule has 1 unspecified atom stereocenters. The molecule has 4 nitrogen and oxygen atoms in total. The molecule has 0 spiro atoms. The average Bonchev–Trinajstić information content (AvgIpc) is 2.26. The zero-order valence-corrected chi connectivity index (χ0v) is 13.6. The predicted molar refractivity (Wildman–Crippen MR) is 80.8 cm³/mol. The Balaban J connectivity index is 2.36. The zero-order valence-electron chi connectivity index (χ0n) is 12.8. The van der Waals surface area contributed by atoms with Crippen LogP contribution in [0, 0.1) is 13.8 Å². The van der Waals surface area contributed by atoms with Gasteiger partial charge in [0.05, 0.1) is 5.88 Å². The van der Waals surface area contributed by atoms with Gasteiger partial charge in [0, 0.05) is 24.3 Å². The van der Waals surface area contributed by atoms with Crippen LogP contribution < -0.4 is 10.1 Å². The van der Waals surface area contributed by atoms with E-state index in [0.717, 1.165) is 17.7 Å². The molecule has 2 rings (SSSR count). The fourth-order valence-corrected chi connectivity index (χ4v) is 3.05. The molecule has 1 aromatic rings. The number of aryl methyl sites for hydroxylation is 2. The van der Waals surface area contributed by atoms with Crippen LogP contribution in [0.5, 0.6) is 5.75 Å². The molecule has 1 atom stereocenters. The number of benzene rings is 1. The quantitative estimate of drug-likeness (QED) is 0.931. The summed E-state index contributed by atoms with van der Waals surface area (Å²) in [5, 5.41) is 3.15. The Hall–Kier alpha value is -1.07. The first-order chi connectivity index (χ1) is 9.07. The molecule has 1 aliphatic rings. The largest absolute Gasteiger partial charge is 0.487 e. The summed E-state index contributed by atoms with van der Waals surface area (Å²) in [6.45, 7) is 8.17. The zero-order chi connectivity index (χ0) is 15.1. The number of nitrogens with one attached hydrogen (secondary N) is 1. The first-order valence-corrected chi connectivity index (χ1v) is 8.85. The molecule has 0 saturated carbocycles. The molecular formula is C15H23NO3S. The molecule has 1 aliphatic heterocycles. The van der Waals surface area contributed by atoms with E-state index in [1.54, 1.807) is 0 Å². The Labute approximate surface area is 121 Å². The molecule has 0 amide bonds. The maximum absolute atomic E-state index is 11.4. The molecule has 0 bridgehead atoms. The highest BCUT2D eigenvalue weighted by atomic mass is 32.2. The van der Waals surface area contributed by atoms with Crippen LogP contribution in [-0.2, 0) is 9.84 Å². The van der Waals surface area contributed by atoms with Gasteiger partial charge in [-0.1, -0.05) is 6.07 Å². The van der Waals surface area contributed by atoms with Crippen LogP contribution in [0.1, 0.15) is 43.0 Å². The minimum atomic E-state index is -3.03. The number of fused-ring (bicyclic) bond motifs is 1. The first-order valence-electron chi connectivity index (χ1n) is 6.79. The van der Waals surface area contributed by atoms with Gasteiger partial charge >= 0.3 is 0 Å². The minimum Gasteiger partial charge on any atom is -0.487 e. The summed E-state index contributed by atoms with van der Waals surface area (Å²) >= 11 is 0. The van der Waals surface area contributed by atoms with Crippen molar-refractivity contribution in [1.29, 1.82) is 0 Å². The first kappa shape index (κ1) is 15.3. The number of hydrogen-bond donors (Lipinski definition) is 1. The molecule has 5 heteroatoms. The van der Waals surface area contributed by atoms with Crippen molar-refractivity contribution in [3.63, 3.8) is 0 Å². The van der Waals surface area contributed by atoms with Gasteiger partial charge in [-0.15, -0.1) is 0 Å². The van der Waals surface area contributed by atoms with Crippen molar-refractivity contribution in [3.8, 4) is 5.75 Å². The lowest BCUT2D eigenvalue weighted by atomic mass is 9.88. The Kier molecular flexibility index (Phi) is 3.86. The van der Waals surface area contributed by atoms with Gasteiger partial charge in [0.2, 0.25) is 0 Å². The minimum absolute atomic E-state index is 0.00257. The standard InChI is InChI=1S/C15H23NO3S/c1-10-6-12-13(16-9-20(5,17)18)8-15(3,4)19-14(12)7-11(10)2/h6-7,13,16H,8-9H2,1-5H3. The second-order valence-corrected chi connectivity index (χ2v) is 8.51. The smallest absolute Gasteiger partial charge is 0.160 e. The van der Waals surface area contributed by atoms with Crippen LogP contribution in [-0.4, -0.2) is 26.2 Å². The Bertz CT molecular complexity index is 620. The van der Waals surface area contributed by atoms with Crippen molar-refractivity contribution in [2.75, 3.05) is 12.1 Å². The lowest BCUT2D eigenvalue weighted by Crippen LogP contribution is -2.40. The van der Waals surface area contributed by atoms with Gasteiger partial charge in [0.25, 0.3) is 0 Å². The molecule has 1 heterocycles.